The van der Waals surface area contributed by atoms with Crippen molar-refractivity contribution >= 4 is 24.0 Å². The number of hydrogen-bond donors (Lipinski definition) is 2. The summed E-state index contributed by atoms with van der Waals surface area (Å²) < 4.78 is 0. The summed E-state index contributed by atoms with van der Waals surface area (Å²) in [7, 11) is 0. The SMILES string of the molecule is CCCCNC(=O)c1cc(N)ccc1C.Cl. The summed E-state index contributed by atoms with van der Waals surface area (Å²) in [5.41, 5.74) is 7.90. The first-order valence-electron chi connectivity index (χ1n) is 5.29. The first kappa shape index (κ1) is 14.8. The number of unbranched alkanes of at least 4 members (excludes halogenated alkanes) is 1. The monoisotopic (exact) mass is 242 g/mol. The van der Waals surface area contributed by atoms with Gasteiger partial charge in [-0.05, 0) is 31.0 Å². The largest absolute Gasteiger partial charge is 0.399 e. The number of rotatable bonds is 4. The molecular weight excluding hydrogens is 224 g/mol. The number of anilines is 1. The van der Waals surface area contributed by atoms with Gasteiger partial charge in [-0.2, -0.15) is 0 Å². The van der Waals surface area contributed by atoms with Crippen molar-refractivity contribution in [3.8, 4) is 0 Å². The summed E-state index contributed by atoms with van der Waals surface area (Å²) in [6.45, 7) is 4.73. The average Bonchev–Trinajstić information content (AvgIpc) is 2.22. The third kappa shape index (κ3) is 4.11. The normalized spacial score (nSPS) is 9.38. The number of nitrogens with one attached hydrogen (secondary N) is 1. The number of carbonyl (C=O) groups is 1. The van der Waals surface area contributed by atoms with E-state index in [1.54, 1.807) is 12.1 Å². The van der Waals surface area contributed by atoms with Crippen molar-refractivity contribution in [2.24, 2.45) is 0 Å². The molecule has 0 saturated carbocycles. The molecule has 3 nitrogen and oxygen atoms in total. The van der Waals surface area contributed by atoms with Crippen LogP contribution in [-0.4, -0.2) is 12.5 Å². The van der Waals surface area contributed by atoms with E-state index in [0.29, 0.717) is 11.3 Å². The second-order valence-electron chi connectivity index (χ2n) is 3.68. The van der Waals surface area contributed by atoms with Crippen LogP contribution in [0.25, 0.3) is 0 Å². The molecule has 0 heterocycles. The molecule has 1 amide bonds. The molecule has 4 heteroatoms. The topological polar surface area (TPSA) is 55.1 Å². The minimum atomic E-state index is -0.0340. The minimum absolute atomic E-state index is 0. The molecule has 1 aromatic carbocycles. The lowest BCUT2D eigenvalue weighted by molar-refractivity contribution is 0.0952. The Morgan fingerprint density at radius 1 is 1.44 bits per heavy atom. The van der Waals surface area contributed by atoms with Crippen molar-refractivity contribution in [3.05, 3.63) is 29.3 Å². The fourth-order valence-electron chi connectivity index (χ4n) is 1.36. The van der Waals surface area contributed by atoms with Crippen LogP contribution in [0.15, 0.2) is 18.2 Å². The van der Waals surface area contributed by atoms with Gasteiger partial charge >= 0.3 is 0 Å². The van der Waals surface area contributed by atoms with Gasteiger partial charge in [-0.1, -0.05) is 19.4 Å². The zero-order valence-corrected chi connectivity index (χ0v) is 10.6. The molecule has 0 aliphatic heterocycles. The molecule has 0 aliphatic rings. The molecule has 0 bridgehead atoms. The third-order valence-electron chi connectivity index (χ3n) is 2.32. The number of nitrogens with two attached hydrogens (primary N) is 1. The first-order chi connectivity index (χ1) is 7.15. The Labute approximate surface area is 103 Å². The Balaban J connectivity index is 0.00000225. The fraction of sp³-hybridized carbons (Fsp3) is 0.417. The number of benzene rings is 1. The van der Waals surface area contributed by atoms with Crippen molar-refractivity contribution in [2.75, 3.05) is 12.3 Å². The van der Waals surface area contributed by atoms with Crippen LogP contribution in [0.2, 0.25) is 0 Å². The Kier molecular flexibility index (Phi) is 6.58. The third-order valence-corrected chi connectivity index (χ3v) is 2.32. The van der Waals surface area contributed by atoms with Gasteiger partial charge in [0, 0.05) is 17.8 Å². The van der Waals surface area contributed by atoms with Crippen LogP contribution in [0, 0.1) is 6.92 Å². The predicted octanol–water partition coefficient (Wildman–Crippen LogP) is 2.53. The first-order valence-corrected chi connectivity index (χ1v) is 5.29. The number of carbonyl (C=O) groups excluding carboxylic acids is 1. The Morgan fingerprint density at radius 3 is 2.75 bits per heavy atom. The molecule has 1 aromatic rings. The summed E-state index contributed by atoms with van der Waals surface area (Å²) in [6, 6.07) is 5.39. The molecule has 0 atom stereocenters. The van der Waals surface area contributed by atoms with E-state index >= 15 is 0 Å². The maximum Gasteiger partial charge on any atom is 0.251 e. The summed E-state index contributed by atoms with van der Waals surface area (Å²) >= 11 is 0. The Morgan fingerprint density at radius 2 is 2.12 bits per heavy atom. The molecule has 3 N–H and O–H groups in total. The van der Waals surface area contributed by atoms with Gasteiger partial charge in [-0.15, -0.1) is 12.4 Å². The van der Waals surface area contributed by atoms with Gasteiger partial charge in [0.05, 0.1) is 0 Å². The van der Waals surface area contributed by atoms with Crippen molar-refractivity contribution in [2.45, 2.75) is 26.7 Å². The second kappa shape index (κ2) is 7.12. The van der Waals surface area contributed by atoms with E-state index < -0.39 is 0 Å². The predicted molar refractivity (Wildman–Crippen MR) is 70.1 cm³/mol. The van der Waals surface area contributed by atoms with Crippen LogP contribution >= 0.6 is 12.4 Å². The standard InChI is InChI=1S/C12H18N2O.ClH/c1-3-4-7-14-12(15)11-8-10(13)6-5-9(11)2;/h5-6,8H,3-4,7,13H2,1-2H3,(H,14,15);1H. The van der Waals surface area contributed by atoms with E-state index in [1.165, 1.54) is 0 Å². The lowest BCUT2D eigenvalue weighted by atomic mass is 10.1. The van der Waals surface area contributed by atoms with Crippen LogP contribution in [0.3, 0.4) is 0 Å². The highest BCUT2D eigenvalue weighted by atomic mass is 35.5. The van der Waals surface area contributed by atoms with Gasteiger partial charge in [0.2, 0.25) is 0 Å². The van der Waals surface area contributed by atoms with E-state index in [2.05, 4.69) is 12.2 Å². The molecule has 1 rings (SSSR count). The van der Waals surface area contributed by atoms with Gasteiger partial charge in [-0.25, -0.2) is 0 Å². The zero-order valence-electron chi connectivity index (χ0n) is 9.75. The Hall–Kier alpha value is -1.22. The van der Waals surface area contributed by atoms with Gasteiger partial charge in [0.1, 0.15) is 0 Å². The molecule has 0 aliphatic carbocycles. The maximum absolute atomic E-state index is 11.7. The minimum Gasteiger partial charge on any atom is -0.399 e. The van der Waals surface area contributed by atoms with Gasteiger partial charge in [0.25, 0.3) is 5.91 Å². The van der Waals surface area contributed by atoms with Crippen LogP contribution < -0.4 is 11.1 Å². The lowest BCUT2D eigenvalue weighted by Gasteiger charge is -2.07. The number of halogens is 1. The summed E-state index contributed by atoms with van der Waals surface area (Å²) in [6.07, 6.45) is 2.09. The van der Waals surface area contributed by atoms with Crippen molar-refractivity contribution in [1.82, 2.24) is 5.32 Å². The number of amides is 1. The van der Waals surface area contributed by atoms with E-state index in [9.17, 15) is 4.79 Å². The quantitative estimate of drug-likeness (QED) is 0.630. The summed E-state index contributed by atoms with van der Waals surface area (Å²) in [4.78, 5) is 11.7. The Bertz CT molecular complexity index is 353. The van der Waals surface area contributed by atoms with E-state index in [-0.39, 0.29) is 18.3 Å². The van der Waals surface area contributed by atoms with Crippen LogP contribution in [0.1, 0.15) is 35.7 Å². The highest BCUT2D eigenvalue weighted by Gasteiger charge is 2.07. The molecule has 0 saturated heterocycles. The van der Waals surface area contributed by atoms with Gasteiger partial charge in [0.15, 0.2) is 0 Å². The summed E-state index contributed by atoms with van der Waals surface area (Å²) in [5.74, 6) is -0.0340. The number of aryl methyl sites for hydroxylation is 1. The van der Waals surface area contributed by atoms with Crippen molar-refractivity contribution in [1.29, 1.82) is 0 Å². The van der Waals surface area contributed by atoms with Crippen LogP contribution in [0.5, 0.6) is 0 Å². The van der Waals surface area contributed by atoms with E-state index in [1.807, 2.05) is 13.0 Å². The average molecular weight is 243 g/mol. The van der Waals surface area contributed by atoms with Crippen LogP contribution in [0.4, 0.5) is 5.69 Å². The van der Waals surface area contributed by atoms with Gasteiger partial charge in [-0.3, -0.25) is 4.79 Å². The van der Waals surface area contributed by atoms with E-state index in [4.69, 9.17) is 5.73 Å². The fourth-order valence-corrected chi connectivity index (χ4v) is 1.36. The lowest BCUT2D eigenvalue weighted by Crippen LogP contribution is -2.25. The van der Waals surface area contributed by atoms with Crippen molar-refractivity contribution in [3.63, 3.8) is 0 Å². The number of hydrogen-bond acceptors (Lipinski definition) is 2. The highest BCUT2D eigenvalue weighted by molar-refractivity contribution is 5.96. The van der Waals surface area contributed by atoms with Gasteiger partial charge < -0.3 is 11.1 Å². The molecule has 0 aromatic heterocycles. The van der Waals surface area contributed by atoms with E-state index in [0.717, 1.165) is 24.9 Å². The molecule has 90 valence electrons. The smallest absolute Gasteiger partial charge is 0.251 e. The molecule has 16 heavy (non-hydrogen) atoms. The molecule has 0 radical (unpaired) electrons. The zero-order chi connectivity index (χ0) is 11.3. The van der Waals surface area contributed by atoms with Crippen molar-refractivity contribution < 1.29 is 4.79 Å². The highest BCUT2D eigenvalue weighted by Crippen LogP contribution is 2.12. The number of nitrogen functional groups attached to an aromatic ring is 1. The molecule has 0 unspecified atom stereocenters. The second-order valence-corrected chi connectivity index (χ2v) is 3.68. The van der Waals surface area contributed by atoms with Crippen LogP contribution in [-0.2, 0) is 0 Å². The molecule has 0 spiro atoms. The maximum atomic E-state index is 11.7. The molecule has 0 fully saturated rings. The molecular formula is C12H19ClN2O. The summed E-state index contributed by atoms with van der Waals surface area (Å²) in [5, 5.41) is 2.87.